The molecule has 0 radical (unpaired) electrons. The number of carboxylic acid groups (broad SMARTS) is 2. The summed E-state index contributed by atoms with van der Waals surface area (Å²) in [5, 5.41) is 22.0. The molecule has 1 heterocycles. The summed E-state index contributed by atoms with van der Waals surface area (Å²) in [5.74, 6) is -2.36. The van der Waals surface area contributed by atoms with Crippen LogP contribution < -0.4 is 14.8 Å². The van der Waals surface area contributed by atoms with Gasteiger partial charge in [0.05, 0.1) is 11.1 Å². The highest BCUT2D eigenvalue weighted by Crippen LogP contribution is 2.37. The van der Waals surface area contributed by atoms with E-state index in [1.54, 1.807) is 6.07 Å². The Kier molecular flexibility index (Phi) is 4.80. The molecule has 0 unspecified atom stereocenters. The second-order valence-corrected chi connectivity index (χ2v) is 5.69. The zero-order valence-electron chi connectivity index (χ0n) is 14.2. The predicted molar refractivity (Wildman–Crippen MR) is 95.4 cm³/mol. The molecular formula is C19H15NO7. The maximum atomic E-state index is 11.9. The number of fused-ring (bicyclic) bond motifs is 1. The van der Waals surface area contributed by atoms with E-state index in [9.17, 15) is 24.6 Å². The number of rotatable bonds is 5. The molecule has 0 fully saturated rings. The number of hydrogen-bond donors (Lipinski definition) is 3. The van der Waals surface area contributed by atoms with Crippen molar-refractivity contribution >= 4 is 34.7 Å². The van der Waals surface area contributed by atoms with E-state index in [4.69, 9.17) is 9.47 Å². The molecule has 0 bridgehead atoms. The van der Waals surface area contributed by atoms with Gasteiger partial charge in [-0.2, -0.15) is 0 Å². The summed E-state index contributed by atoms with van der Waals surface area (Å²) in [6.07, 6.45) is 0. The largest absolute Gasteiger partial charge is 0.478 e. The summed E-state index contributed by atoms with van der Waals surface area (Å²) >= 11 is 0. The van der Waals surface area contributed by atoms with Crippen molar-refractivity contribution in [2.75, 3.05) is 12.1 Å². The lowest BCUT2D eigenvalue weighted by molar-refractivity contribution is -0.132. The Morgan fingerprint density at radius 2 is 1.52 bits per heavy atom. The molecule has 0 saturated heterocycles. The second kappa shape index (κ2) is 7.20. The summed E-state index contributed by atoms with van der Waals surface area (Å²) in [6.45, 7) is 1.32. The molecule has 1 aliphatic rings. The van der Waals surface area contributed by atoms with Crippen molar-refractivity contribution in [3.05, 3.63) is 53.6 Å². The van der Waals surface area contributed by atoms with Crippen LogP contribution in [0.3, 0.4) is 0 Å². The minimum atomic E-state index is -1.41. The highest BCUT2D eigenvalue weighted by atomic mass is 16.7. The minimum absolute atomic E-state index is 0.00938. The second-order valence-electron chi connectivity index (χ2n) is 5.69. The lowest BCUT2D eigenvalue weighted by Crippen LogP contribution is -2.11. The zero-order valence-corrected chi connectivity index (χ0v) is 14.2. The van der Waals surface area contributed by atoms with E-state index >= 15 is 0 Å². The fraction of sp³-hybridized carbons (Fsp3) is 0.105. The maximum absolute atomic E-state index is 11.9. The first kappa shape index (κ1) is 18.0. The Hall–Kier alpha value is -3.81. The number of hydrogen-bond acceptors (Lipinski definition) is 5. The summed E-state index contributed by atoms with van der Waals surface area (Å²) in [4.78, 5) is 35.1. The van der Waals surface area contributed by atoms with Crippen LogP contribution in [0.4, 0.5) is 5.69 Å². The van der Waals surface area contributed by atoms with E-state index in [0.717, 1.165) is 0 Å². The Labute approximate surface area is 153 Å². The van der Waals surface area contributed by atoms with Crippen LogP contribution in [0, 0.1) is 0 Å². The summed E-state index contributed by atoms with van der Waals surface area (Å²) in [7, 11) is 0. The molecule has 0 aliphatic carbocycles. The molecule has 8 nitrogen and oxygen atoms in total. The Morgan fingerprint density at radius 3 is 2.15 bits per heavy atom. The molecular weight excluding hydrogens is 354 g/mol. The smallest absolute Gasteiger partial charge is 0.337 e. The number of nitrogens with one attached hydrogen (secondary N) is 1. The van der Waals surface area contributed by atoms with Gasteiger partial charge in [0.2, 0.25) is 12.7 Å². The number of carbonyl (C=O) groups excluding carboxylic acids is 1. The fourth-order valence-corrected chi connectivity index (χ4v) is 2.76. The summed E-state index contributed by atoms with van der Waals surface area (Å²) < 4.78 is 10.4. The van der Waals surface area contributed by atoms with Gasteiger partial charge in [0.15, 0.2) is 11.5 Å². The van der Waals surface area contributed by atoms with Crippen molar-refractivity contribution in [2.24, 2.45) is 0 Å². The topological polar surface area (TPSA) is 122 Å². The molecule has 27 heavy (non-hydrogen) atoms. The van der Waals surface area contributed by atoms with Gasteiger partial charge in [0.1, 0.15) is 0 Å². The highest BCUT2D eigenvalue weighted by molar-refractivity contribution is 6.36. The first-order valence-corrected chi connectivity index (χ1v) is 7.85. The molecule has 0 aromatic heterocycles. The lowest BCUT2D eigenvalue weighted by atomic mass is 9.94. The minimum Gasteiger partial charge on any atom is -0.478 e. The first-order chi connectivity index (χ1) is 12.9. The Morgan fingerprint density at radius 1 is 0.889 bits per heavy atom. The van der Waals surface area contributed by atoms with Crippen LogP contribution >= 0.6 is 0 Å². The van der Waals surface area contributed by atoms with Crippen molar-refractivity contribution in [3.63, 3.8) is 0 Å². The highest BCUT2D eigenvalue weighted by Gasteiger charge is 2.25. The Balaban J connectivity index is 2.19. The molecule has 3 rings (SSSR count). The monoisotopic (exact) mass is 369 g/mol. The average molecular weight is 369 g/mol. The van der Waals surface area contributed by atoms with E-state index in [-0.39, 0.29) is 23.8 Å². The van der Waals surface area contributed by atoms with Crippen LogP contribution in [-0.4, -0.2) is 34.9 Å². The van der Waals surface area contributed by atoms with Crippen molar-refractivity contribution in [3.8, 4) is 11.5 Å². The molecule has 138 valence electrons. The maximum Gasteiger partial charge on any atom is 0.337 e. The van der Waals surface area contributed by atoms with Gasteiger partial charge in [-0.15, -0.1) is 0 Å². The van der Waals surface area contributed by atoms with E-state index in [2.05, 4.69) is 5.32 Å². The van der Waals surface area contributed by atoms with Gasteiger partial charge in [-0.05, 0) is 35.4 Å². The molecule has 0 spiro atoms. The van der Waals surface area contributed by atoms with Gasteiger partial charge in [0, 0.05) is 12.6 Å². The molecule has 2 aromatic carbocycles. The van der Waals surface area contributed by atoms with E-state index in [1.165, 1.54) is 43.3 Å². The number of carbonyl (C=O) groups is 3. The normalized spacial score (nSPS) is 12.9. The number of amides is 1. The van der Waals surface area contributed by atoms with Crippen LogP contribution in [-0.2, 0) is 14.4 Å². The van der Waals surface area contributed by atoms with Crippen molar-refractivity contribution in [2.45, 2.75) is 6.92 Å². The standard InChI is InChI=1S/C19H15NO7/c1-10(21)20-13-4-2-3-11(7-13)16(18(22)23)17(19(24)25)12-5-6-14-15(8-12)27-9-26-14/h2-8H,9H2,1H3,(H,20,21)(H,22,23)(H,24,25). The van der Waals surface area contributed by atoms with Crippen molar-refractivity contribution < 1.29 is 34.1 Å². The quantitative estimate of drug-likeness (QED) is 0.546. The van der Waals surface area contributed by atoms with Crippen LogP contribution in [0.5, 0.6) is 11.5 Å². The molecule has 1 amide bonds. The van der Waals surface area contributed by atoms with Gasteiger partial charge >= 0.3 is 11.9 Å². The third kappa shape index (κ3) is 3.74. The predicted octanol–water partition coefficient (Wildman–Crippen LogP) is 2.45. The van der Waals surface area contributed by atoms with Crippen LogP contribution in [0.25, 0.3) is 11.1 Å². The SMILES string of the molecule is CC(=O)Nc1cccc(C(C(=O)O)=C(C(=O)O)c2ccc3c(c2)OCO3)c1. The van der Waals surface area contributed by atoms with Gasteiger partial charge in [-0.1, -0.05) is 18.2 Å². The summed E-state index contributed by atoms with van der Waals surface area (Å²) in [6, 6.07) is 10.4. The Bertz CT molecular complexity index is 978. The molecule has 0 saturated carbocycles. The third-order valence-electron chi connectivity index (χ3n) is 3.81. The number of ether oxygens (including phenoxy) is 2. The molecule has 3 N–H and O–H groups in total. The molecule has 8 heteroatoms. The van der Waals surface area contributed by atoms with Crippen molar-refractivity contribution in [1.82, 2.24) is 0 Å². The van der Waals surface area contributed by atoms with Crippen molar-refractivity contribution in [1.29, 1.82) is 0 Å². The van der Waals surface area contributed by atoms with Gasteiger partial charge in [0.25, 0.3) is 0 Å². The number of aliphatic carboxylic acids is 2. The number of carboxylic acids is 2. The van der Waals surface area contributed by atoms with E-state index in [1.807, 2.05) is 0 Å². The fourth-order valence-electron chi connectivity index (χ4n) is 2.76. The zero-order chi connectivity index (χ0) is 19.6. The summed E-state index contributed by atoms with van der Waals surface area (Å²) in [5.41, 5.74) is -0.151. The molecule has 0 atom stereocenters. The lowest BCUT2D eigenvalue weighted by Gasteiger charge is -2.12. The van der Waals surface area contributed by atoms with Gasteiger partial charge in [-0.25, -0.2) is 9.59 Å². The van der Waals surface area contributed by atoms with Crippen LogP contribution in [0.15, 0.2) is 42.5 Å². The van der Waals surface area contributed by atoms with Crippen LogP contribution in [0.2, 0.25) is 0 Å². The third-order valence-corrected chi connectivity index (χ3v) is 3.81. The van der Waals surface area contributed by atoms with Gasteiger partial charge in [-0.3, -0.25) is 4.79 Å². The average Bonchev–Trinajstić information content (AvgIpc) is 3.06. The van der Waals surface area contributed by atoms with E-state index < -0.39 is 23.1 Å². The van der Waals surface area contributed by atoms with E-state index in [0.29, 0.717) is 17.2 Å². The number of anilines is 1. The van der Waals surface area contributed by atoms with Gasteiger partial charge < -0.3 is 25.0 Å². The molecule has 2 aromatic rings. The van der Waals surface area contributed by atoms with Crippen LogP contribution in [0.1, 0.15) is 18.1 Å². The first-order valence-electron chi connectivity index (χ1n) is 7.85. The molecule has 1 aliphatic heterocycles. The number of benzene rings is 2.